The maximum absolute atomic E-state index is 14.4. The van der Waals surface area contributed by atoms with E-state index in [0.29, 0.717) is 31.6 Å². The number of hydrogen-bond donors (Lipinski definition) is 2. The Morgan fingerprint density at radius 2 is 2.04 bits per heavy atom. The summed E-state index contributed by atoms with van der Waals surface area (Å²) in [6, 6.07) is 4.50. The highest BCUT2D eigenvalue weighted by molar-refractivity contribution is 5.99. The fraction of sp³-hybridized carbons (Fsp3) is 0.529. The van der Waals surface area contributed by atoms with Crippen LogP contribution in [0.1, 0.15) is 32.6 Å². The number of nitrogens with one attached hydrogen (secondary N) is 1. The van der Waals surface area contributed by atoms with Gasteiger partial charge >= 0.3 is 0 Å². The molecule has 3 rings (SSSR count). The van der Waals surface area contributed by atoms with E-state index in [1.54, 1.807) is 19.1 Å². The summed E-state index contributed by atoms with van der Waals surface area (Å²) in [5.41, 5.74) is -0.233. The third-order valence-electron chi connectivity index (χ3n) is 4.57. The van der Waals surface area contributed by atoms with Gasteiger partial charge in [0, 0.05) is 32.0 Å². The second kappa shape index (κ2) is 6.39. The standard InChI is InChI=1S/C17H21FN2O4/c1-17(23)6-8-20(9-7-17)13-3-2-11(10-12(13)18)24-14-4-5-15(21)19-16(14)22/h2-3,10,14,23H,4-9H2,1H3,(H,19,21,22). The number of anilines is 1. The molecule has 1 unspecified atom stereocenters. The highest BCUT2D eigenvalue weighted by Crippen LogP contribution is 2.30. The van der Waals surface area contributed by atoms with E-state index in [2.05, 4.69) is 5.32 Å². The summed E-state index contributed by atoms with van der Waals surface area (Å²) in [5.74, 6) is -0.979. The second-order valence-corrected chi connectivity index (χ2v) is 6.65. The molecule has 2 saturated heterocycles. The number of benzene rings is 1. The zero-order chi connectivity index (χ0) is 17.3. The quantitative estimate of drug-likeness (QED) is 0.815. The summed E-state index contributed by atoms with van der Waals surface area (Å²) in [6.45, 7) is 2.95. The SMILES string of the molecule is CC1(O)CCN(c2ccc(OC3CCC(=O)NC3=O)cc2F)CC1. The smallest absolute Gasteiger partial charge is 0.267 e. The molecule has 130 valence electrons. The van der Waals surface area contributed by atoms with Crippen LogP contribution in [0.15, 0.2) is 18.2 Å². The molecule has 2 amide bonds. The lowest BCUT2D eigenvalue weighted by Crippen LogP contribution is -2.46. The Morgan fingerprint density at radius 1 is 1.33 bits per heavy atom. The summed E-state index contributed by atoms with van der Waals surface area (Å²) in [5, 5.41) is 12.2. The van der Waals surface area contributed by atoms with Crippen molar-refractivity contribution in [1.29, 1.82) is 0 Å². The van der Waals surface area contributed by atoms with Gasteiger partial charge in [-0.1, -0.05) is 0 Å². The van der Waals surface area contributed by atoms with Gasteiger partial charge in [0.1, 0.15) is 11.6 Å². The molecule has 1 aromatic rings. The molecule has 7 heteroatoms. The van der Waals surface area contributed by atoms with Gasteiger partial charge in [0.25, 0.3) is 5.91 Å². The van der Waals surface area contributed by atoms with Crippen LogP contribution in [-0.4, -0.2) is 41.7 Å². The van der Waals surface area contributed by atoms with Crippen molar-refractivity contribution in [2.75, 3.05) is 18.0 Å². The normalized spacial score (nSPS) is 23.8. The third kappa shape index (κ3) is 3.67. The van der Waals surface area contributed by atoms with Crippen LogP contribution in [0.3, 0.4) is 0 Å². The molecule has 2 aliphatic heterocycles. The number of aliphatic hydroxyl groups is 1. The van der Waals surface area contributed by atoms with Crippen molar-refractivity contribution in [3.8, 4) is 5.75 Å². The Labute approximate surface area is 139 Å². The zero-order valence-electron chi connectivity index (χ0n) is 13.5. The molecule has 6 nitrogen and oxygen atoms in total. The van der Waals surface area contributed by atoms with Gasteiger partial charge in [-0.2, -0.15) is 0 Å². The minimum atomic E-state index is -0.780. The highest BCUT2D eigenvalue weighted by Gasteiger charge is 2.30. The lowest BCUT2D eigenvalue weighted by atomic mass is 9.93. The van der Waals surface area contributed by atoms with Gasteiger partial charge in [-0.15, -0.1) is 0 Å². The van der Waals surface area contributed by atoms with Crippen molar-refractivity contribution in [1.82, 2.24) is 5.32 Å². The van der Waals surface area contributed by atoms with Gasteiger partial charge in [-0.3, -0.25) is 14.9 Å². The lowest BCUT2D eigenvalue weighted by Gasteiger charge is -2.37. The summed E-state index contributed by atoms with van der Waals surface area (Å²) in [7, 11) is 0. The minimum Gasteiger partial charge on any atom is -0.480 e. The maximum atomic E-state index is 14.4. The number of carbonyl (C=O) groups excluding carboxylic acids is 2. The van der Waals surface area contributed by atoms with Crippen LogP contribution in [0, 0.1) is 5.82 Å². The number of imide groups is 1. The van der Waals surface area contributed by atoms with Crippen LogP contribution in [-0.2, 0) is 9.59 Å². The monoisotopic (exact) mass is 336 g/mol. The molecule has 0 saturated carbocycles. The van der Waals surface area contributed by atoms with E-state index in [9.17, 15) is 19.1 Å². The van der Waals surface area contributed by atoms with E-state index in [-0.39, 0.29) is 24.5 Å². The largest absolute Gasteiger partial charge is 0.480 e. The summed E-state index contributed by atoms with van der Waals surface area (Å²) >= 11 is 0. The number of carbonyl (C=O) groups is 2. The average molecular weight is 336 g/mol. The number of rotatable bonds is 3. The van der Waals surface area contributed by atoms with Crippen LogP contribution >= 0.6 is 0 Å². The topological polar surface area (TPSA) is 78.9 Å². The van der Waals surface area contributed by atoms with E-state index >= 15 is 0 Å². The predicted molar refractivity (Wildman–Crippen MR) is 85.3 cm³/mol. The van der Waals surface area contributed by atoms with Crippen molar-refractivity contribution >= 4 is 17.5 Å². The molecule has 1 aromatic carbocycles. The van der Waals surface area contributed by atoms with Crippen molar-refractivity contribution in [3.63, 3.8) is 0 Å². The molecule has 1 atom stereocenters. The van der Waals surface area contributed by atoms with Gasteiger partial charge in [0.2, 0.25) is 5.91 Å². The predicted octanol–water partition coefficient (Wildman–Crippen LogP) is 1.36. The number of amides is 2. The molecule has 24 heavy (non-hydrogen) atoms. The number of hydrogen-bond acceptors (Lipinski definition) is 5. The third-order valence-corrected chi connectivity index (χ3v) is 4.57. The van der Waals surface area contributed by atoms with Gasteiger partial charge in [0.05, 0.1) is 11.3 Å². The minimum absolute atomic E-state index is 0.213. The molecule has 2 fully saturated rings. The maximum Gasteiger partial charge on any atom is 0.267 e. The molecule has 2 N–H and O–H groups in total. The Bertz CT molecular complexity index is 652. The molecule has 2 aliphatic rings. The molecule has 0 radical (unpaired) electrons. The van der Waals surface area contributed by atoms with Crippen molar-refractivity contribution < 1.29 is 23.8 Å². The van der Waals surface area contributed by atoms with E-state index in [1.165, 1.54) is 6.07 Å². The molecule has 0 bridgehead atoms. The van der Waals surface area contributed by atoms with E-state index in [1.807, 2.05) is 4.90 Å². The summed E-state index contributed by atoms with van der Waals surface area (Å²) < 4.78 is 19.9. The Morgan fingerprint density at radius 3 is 2.67 bits per heavy atom. The molecule has 0 spiro atoms. The Kier molecular flexibility index (Phi) is 4.45. The average Bonchev–Trinajstić information content (AvgIpc) is 2.51. The fourth-order valence-corrected chi connectivity index (χ4v) is 3.00. The molecule has 0 aromatic heterocycles. The van der Waals surface area contributed by atoms with E-state index < -0.39 is 23.4 Å². The molecule has 2 heterocycles. The number of halogens is 1. The molecule has 0 aliphatic carbocycles. The number of piperidine rings is 2. The Balaban J connectivity index is 1.67. The number of ether oxygens (including phenoxy) is 1. The van der Waals surface area contributed by atoms with Crippen LogP contribution in [0.2, 0.25) is 0 Å². The van der Waals surface area contributed by atoms with Crippen molar-refractivity contribution in [3.05, 3.63) is 24.0 Å². The number of nitrogens with zero attached hydrogens (tertiary/aromatic N) is 1. The van der Waals surface area contributed by atoms with Crippen LogP contribution in [0.4, 0.5) is 10.1 Å². The first-order chi connectivity index (χ1) is 11.3. The van der Waals surface area contributed by atoms with Gasteiger partial charge in [-0.05, 0) is 31.9 Å². The van der Waals surface area contributed by atoms with E-state index in [0.717, 1.165) is 0 Å². The van der Waals surface area contributed by atoms with Gasteiger partial charge in [-0.25, -0.2) is 4.39 Å². The van der Waals surface area contributed by atoms with E-state index in [4.69, 9.17) is 4.74 Å². The molecular weight excluding hydrogens is 315 g/mol. The zero-order valence-corrected chi connectivity index (χ0v) is 13.5. The first-order valence-corrected chi connectivity index (χ1v) is 8.11. The van der Waals surface area contributed by atoms with Crippen molar-refractivity contribution in [2.45, 2.75) is 44.3 Å². The van der Waals surface area contributed by atoms with Gasteiger partial charge in [0.15, 0.2) is 6.10 Å². The molecular formula is C17H21FN2O4. The van der Waals surface area contributed by atoms with Crippen LogP contribution in [0.5, 0.6) is 5.75 Å². The van der Waals surface area contributed by atoms with Crippen molar-refractivity contribution in [2.24, 2.45) is 0 Å². The first kappa shape index (κ1) is 16.7. The first-order valence-electron chi connectivity index (χ1n) is 8.11. The van der Waals surface area contributed by atoms with Crippen LogP contribution in [0.25, 0.3) is 0 Å². The fourth-order valence-electron chi connectivity index (χ4n) is 3.00. The lowest BCUT2D eigenvalue weighted by molar-refractivity contribution is -0.138. The van der Waals surface area contributed by atoms with Gasteiger partial charge < -0.3 is 14.7 Å². The Hall–Kier alpha value is -2.15. The van der Waals surface area contributed by atoms with Crippen LogP contribution < -0.4 is 15.0 Å². The summed E-state index contributed by atoms with van der Waals surface area (Å²) in [4.78, 5) is 24.7. The second-order valence-electron chi connectivity index (χ2n) is 6.65. The summed E-state index contributed by atoms with van der Waals surface area (Å²) in [6.07, 6.45) is 0.889. The highest BCUT2D eigenvalue weighted by atomic mass is 19.1.